The number of carbonyl (C=O) groups excluding carboxylic acids is 2. The van der Waals surface area contributed by atoms with Gasteiger partial charge in [0.1, 0.15) is 6.04 Å². The Hall–Kier alpha value is -2.15. The Bertz CT molecular complexity index is 451. The molecule has 1 aromatic heterocycles. The van der Waals surface area contributed by atoms with Crippen molar-refractivity contribution in [1.82, 2.24) is 20.9 Å². The highest BCUT2D eigenvalue weighted by Gasteiger charge is 2.23. The fourth-order valence-corrected chi connectivity index (χ4v) is 1.70. The number of aromatic nitrogens is 1. The quantitative estimate of drug-likeness (QED) is 0.635. The Labute approximate surface area is 110 Å². The van der Waals surface area contributed by atoms with E-state index >= 15 is 0 Å². The van der Waals surface area contributed by atoms with E-state index in [1.54, 1.807) is 19.4 Å². The summed E-state index contributed by atoms with van der Waals surface area (Å²) >= 11 is 0. The number of pyridine rings is 1. The summed E-state index contributed by atoms with van der Waals surface area (Å²) in [6.45, 7) is 0.871. The van der Waals surface area contributed by atoms with Gasteiger partial charge >= 0.3 is 0 Å². The number of nitrogens with zero attached hydrogens (tertiary/aromatic N) is 1. The van der Waals surface area contributed by atoms with Crippen LogP contribution in [0.15, 0.2) is 18.3 Å². The van der Waals surface area contributed by atoms with Gasteiger partial charge in [0, 0.05) is 25.4 Å². The van der Waals surface area contributed by atoms with Gasteiger partial charge in [-0.15, -0.1) is 0 Å². The minimum Gasteiger partial charge on any atom is -0.481 e. The second kappa shape index (κ2) is 6.14. The minimum absolute atomic E-state index is 0.0941. The molecule has 1 fully saturated rings. The van der Waals surface area contributed by atoms with Crippen LogP contribution in [0, 0.1) is 0 Å². The molecule has 3 N–H and O–H groups in total. The summed E-state index contributed by atoms with van der Waals surface area (Å²) in [5.74, 6) is 0.297. The van der Waals surface area contributed by atoms with E-state index in [1.807, 2.05) is 6.07 Å². The first-order chi connectivity index (χ1) is 9.19. The topological polar surface area (TPSA) is 92.4 Å². The molecule has 7 heteroatoms. The molecule has 1 aliphatic rings. The van der Waals surface area contributed by atoms with Crippen molar-refractivity contribution >= 4 is 11.8 Å². The SMILES string of the molecule is COc1ccc(CNC(=O)C2CNC(=O)CN2)cn1. The number of methoxy groups -OCH3 is 1. The third-order valence-corrected chi connectivity index (χ3v) is 2.80. The lowest BCUT2D eigenvalue weighted by atomic mass is 10.2. The predicted octanol–water partition coefficient (Wildman–Crippen LogP) is -1.21. The molecule has 1 unspecified atom stereocenters. The smallest absolute Gasteiger partial charge is 0.239 e. The number of amides is 2. The van der Waals surface area contributed by atoms with Crippen LogP contribution in [0.25, 0.3) is 0 Å². The van der Waals surface area contributed by atoms with Gasteiger partial charge in [-0.2, -0.15) is 0 Å². The average molecular weight is 264 g/mol. The van der Waals surface area contributed by atoms with Crippen molar-refractivity contribution in [2.24, 2.45) is 0 Å². The first kappa shape index (κ1) is 13.3. The largest absolute Gasteiger partial charge is 0.481 e. The van der Waals surface area contributed by atoms with E-state index in [4.69, 9.17) is 4.74 Å². The van der Waals surface area contributed by atoms with Crippen molar-refractivity contribution in [3.63, 3.8) is 0 Å². The molecule has 102 valence electrons. The van der Waals surface area contributed by atoms with Gasteiger partial charge in [0.05, 0.1) is 13.7 Å². The van der Waals surface area contributed by atoms with Crippen LogP contribution in [0.1, 0.15) is 5.56 Å². The van der Waals surface area contributed by atoms with Crippen LogP contribution >= 0.6 is 0 Å². The van der Waals surface area contributed by atoms with Crippen molar-refractivity contribution in [2.45, 2.75) is 12.6 Å². The van der Waals surface area contributed by atoms with Crippen LogP contribution in [0.4, 0.5) is 0 Å². The maximum atomic E-state index is 11.8. The Balaban J connectivity index is 1.80. The maximum Gasteiger partial charge on any atom is 0.239 e. The summed E-state index contributed by atoms with van der Waals surface area (Å²) in [5.41, 5.74) is 0.883. The first-order valence-electron chi connectivity index (χ1n) is 5.96. The zero-order valence-electron chi connectivity index (χ0n) is 10.6. The average Bonchev–Trinajstić information content (AvgIpc) is 2.46. The van der Waals surface area contributed by atoms with E-state index in [0.717, 1.165) is 5.56 Å². The third kappa shape index (κ3) is 3.65. The summed E-state index contributed by atoms with van der Waals surface area (Å²) < 4.78 is 4.95. The molecule has 0 bridgehead atoms. The van der Waals surface area contributed by atoms with E-state index in [2.05, 4.69) is 20.9 Å². The monoisotopic (exact) mass is 264 g/mol. The van der Waals surface area contributed by atoms with Gasteiger partial charge in [-0.05, 0) is 5.56 Å². The third-order valence-electron chi connectivity index (χ3n) is 2.80. The second-order valence-electron chi connectivity index (χ2n) is 4.16. The molecule has 2 rings (SSSR count). The summed E-state index contributed by atoms with van der Waals surface area (Å²) in [7, 11) is 1.55. The molecule has 1 atom stereocenters. The Morgan fingerprint density at radius 1 is 1.58 bits per heavy atom. The lowest BCUT2D eigenvalue weighted by Crippen LogP contribution is -2.57. The molecule has 1 aromatic rings. The number of hydrogen-bond acceptors (Lipinski definition) is 5. The molecule has 7 nitrogen and oxygen atoms in total. The van der Waals surface area contributed by atoms with Gasteiger partial charge < -0.3 is 15.4 Å². The van der Waals surface area contributed by atoms with Gasteiger partial charge in [0.2, 0.25) is 17.7 Å². The van der Waals surface area contributed by atoms with Crippen LogP contribution in [0.3, 0.4) is 0 Å². The molecule has 2 amide bonds. The van der Waals surface area contributed by atoms with E-state index in [0.29, 0.717) is 19.0 Å². The van der Waals surface area contributed by atoms with Crippen molar-refractivity contribution in [1.29, 1.82) is 0 Å². The Morgan fingerprint density at radius 3 is 3.00 bits per heavy atom. The maximum absolute atomic E-state index is 11.8. The van der Waals surface area contributed by atoms with Crippen LogP contribution in [0.5, 0.6) is 5.88 Å². The lowest BCUT2D eigenvalue weighted by Gasteiger charge is -2.23. The molecular formula is C12H16N4O3. The normalized spacial score (nSPS) is 18.6. The van der Waals surface area contributed by atoms with Crippen LogP contribution in [-0.2, 0) is 16.1 Å². The fraction of sp³-hybridized carbons (Fsp3) is 0.417. The molecule has 0 aliphatic carbocycles. The fourth-order valence-electron chi connectivity index (χ4n) is 1.70. The molecular weight excluding hydrogens is 248 g/mol. The van der Waals surface area contributed by atoms with E-state index in [9.17, 15) is 9.59 Å². The lowest BCUT2D eigenvalue weighted by molar-refractivity contribution is -0.126. The molecule has 19 heavy (non-hydrogen) atoms. The zero-order valence-corrected chi connectivity index (χ0v) is 10.6. The number of hydrogen-bond donors (Lipinski definition) is 3. The number of nitrogens with one attached hydrogen (secondary N) is 3. The Morgan fingerprint density at radius 2 is 2.42 bits per heavy atom. The predicted molar refractivity (Wildman–Crippen MR) is 67.4 cm³/mol. The minimum atomic E-state index is -0.385. The van der Waals surface area contributed by atoms with E-state index in [-0.39, 0.29) is 24.4 Å². The molecule has 0 radical (unpaired) electrons. The second-order valence-corrected chi connectivity index (χ2v) is 4.16. The molecule has 0 saturated carbocycles. The highest BCUT2D eigenvalue weighted by Crippen LogP contribution is 2.06. The van der Waals surface area contributed by atoms with Crippen molar-refractivity contribution < 1.29 is 14.3 Å². The number of ether oxygens (including phenoxy) is 1. The van der Waals surface area contributed by atoms with Crippen molar-refractivity contribution in [2.75, 3.05) is 20.2 Å². The summed E-state index contributed by atoms with van der Waals surface area (Å²) in [4.78, 5) is 26.8. The standard InChI is InChI=1S/C12H16N4O3/c1-19-11-3-2-8(4-15-11)5-16-12(18)9-6-14-10(17)7-13-9/h2-4,9,13H,5-7H2,1H3,(H,14,17)(H,16,18). The van der Waals surface area contributed by atoms with Crippen LogP contribution in [0.2, 0.25) is 0 Å². The number of rotatable bonds is 4. The summed E-state index contributed by atoms with van der Waals surface area (Å²) in [6, 6.07) is 3.19. The molecule has 2 heterocycles. The van der Waals surface area contributed by atoms with Gasteiger partial charge in [0.15, 0.2) is 0 Å². The van der Waals surface area contributed by atoms with Gasteiger partial charge in [0.25, 0.3) is 0 Å². The van der Waals surface area contributed by atoms with Crippen molar-refractivity contribution in [3.05, 3.63) is 23.9 Å². The van der Waals surface area contributed by atoms with Crippen molar-refractivity contribution in [3.8, 4) is 5.88 Å². The van der Waals surface area contributed by atoms with E-state index < -0.39 is 0 Å². The molecule has 0 aromatic carbocycles. The highest BCUT2D eigenvalue weighted by atomic mass is 16.5. The summed E-state index contributed by atoms with van der Waals surface area (Å²) in [6.07, 6.45) is 1.65. The van der Waals surface area contributed by atoms with Crippen LogP contribution in [-0.4, -0.2) is 43.0 Å². The first-order valence-corrected chi connectivity index (χ1v) is 5.96. The Kier molecular flexibility index (Phi) is 4.30. The summed E-state index contributed by atoms with van der Waals surface area (Å²) in [5, 5.41) is 8.29. The molecule has 1 saturated heterocycles. The van der Waals surface area contributed by atoms with Gasteiger partial charge in [-0.3, -0.25) is 14.9 Å². The zero-order chi connectivity index (χ0) is 13.7. The van der Waals surface area contributed by atoms with Crippen LogP contribution < -0.4 is 20.7 Å². The molecule has 1 aliphatic heterocycles. The van der Waals surface area contributed by atoms with E-state index in [1.165, 1.54) is 0 Å². The number of piperazine rings is 1. The molecule has 0 spiro atoms. The van der Waals surface area contributed by atoms with Gasteiger partial charge in [-0.25, -0.2) is 4.98 Å². The highest BCUT2D eigenvalue weighted by molar-refractivity contribution is 5.86. The van der Waals surface area contributed by atoms with Gasteiger partial charge in [-0.1, -0.05) is 6.07 Å². The number of carbonyl (C=O) groups is 2.